The van der Waals surface area contributed by atoms with Crippen LogP contribution in [-0.2, 0) is 30.6 Å². The Morgan fingerprint density at radius 1 is 1.05 bits per heavy atom. The average Bonchev–Trinajstić information content (AvgIpc) is 2.88. The number of halogens is 1. The lowest BCUT2D eigenvalue weighted by Crippen LogP contribution is -2.25. The van der Waals surface area contributed by atoms with Crippen molar-refractivity contribution < 1.29 is 9.18 Å². The van der Waals surface area contributed by atoms with Gasteiger partial charge >= 0.3 is 0 Å². The molecule has 198 valence electrons. The third kappa shape index (κ3) is 9.31. The van der Waals surface area contributed by atoms with Crippen LogP contribution >= 0.6 is 11.8 Å². The first kappa shape index (κ1) is 28.4. The highest BCUT2D eigenvalue weighted by atomic mass is 32.2. The van der Waals surface area contributed by atoms with Gasteiger partial charge in [-0.3, -0.25) is 14.4 Å². The van der Waals surface area contributed by atoms with Gasteiger partial charge in [0.15, 0.2) is 5.16 Å². The van der Waals surface area contributed by atoms with Crippen molar-refractivity contribution in [2.75, 3.05) is 6.54 Å². The van der Waals surface area contributed by atoms with E-state index in [1.807, 2.05) is 10.6 Å². The van der Waals surface area contributed by atoms with Gasteiger partial charge in [0.2, 0.25) is 5.91 Å². The predicted molar refractivity (Wildman–Crippen MR) is 145 cm³/mol. The number of aromatic nitrogens is 3. The topological polar surface area (TPSA) is 86.0 Å². The average molecular weight is 527 g/mol. The fourth-order valence-electron chi connectivity index (χ4n) is 3.84. The molecular formula is C28H35FN4O3S. The van der Waals surface area contributed by atoms with Crippen LogP contribution in [0.1, 0.15) is 62.1 Å². The Labute approximate surface area is 221 Å². The number of carbonyl (C=O) groups excluding carboxylic acids is 1. The monoisotopic (exact) mass is 526 g/mol. The molecule has 0 bridgehead atoms. The zero-order valence-electron chi connectivity index (χ0n) is 21.5. The lowest BCUT2D eigenvalue weighted by atomic mass is 10.1. The molecule has 0 saturated heterocycles. The minimum atomic E-state index is -0.344. The van der Waals surface area contributed by atoms with E-state index in [2.05, 4.69) is 17.2 Å². The summed E-state index contributed by atoms with van der Waals surface area (Å²) in [6.45, 7) is 3.37. The summed E-state index contributed by atoms with van der Waals surface area (Å²) in [7, 11) is 1.68. The van der Waals surface area contributed by atoms with Crippen LogP contribution in [0.4, 0.5) is 4.39 Å². The van der Waals surface area contributed by atoms with Crippen molar-refractivity contribution in [3.63, 3.8) is 0 Å². The van der Waals surface area contributed by atoms with Gasteiger partial charge in [-0.25, -0.2) is 4.39 Å². The molecule has 1 aromatic carbocycles. The smallest absolute Gasteiger partial charge is 0.277 e. The minimum absolute atomic E-state index is 0.0198. The Morgan fingerprint density at radius 3 is 2.57 bits per heavy atom. The van der Waals surface area contributed by atoms with Gasteiger partial charge in [-0.05, 0) is 42.2 Å². The summed E-state index contributed by atoms with van der Waals surface area (Å²) in [4.78, 5) is 41.4. The Kier molecular flexibility index (Phi) is 11.1. The number of unbranched alkanes of at least 4 members (excludes halogenated alkanes) is 3. The number of amides is 1. The van der Waals surface area contributed by atoms with E-state index in [0.29, 0.717) is 48.8 Å². The molecule has 0 unspecified atom stereocenters. The Bertz CT molecular complexity index is 1290. The van der Waals surface area contributed by atoms with Gasteiger partial charge in [-0.2, -0.15) is 4.98 Å². The standard InChI is InChI=1S/C28H35FN4O3S/c1-3-4-5-6-14-30-25(34)8-7-15-33-19-23(17-22-13-16-32(2)26(35)18-22)27(36)31-28(33)37-20-21-9-11-24(29)12-10-21/h9-13,16,18-19H,3-8,14-15,17,20H2,1-2H3,(H,30,34). The van der Waals surface area contributed by atoms with Crippen LogP contribution in [0.15, 0.2) is 63.5 Å². The second-order valence-corrected chi connectivity index (χ2v) is 10.1. The van der Waals surface area contributed by atoms with E-state index in [9.17, 15) is 18.8 Å². The van der Waals surface area contributed by atoms with Crippen LogP contribution in [0.2, 0.25) is 0 Å². The van der Waals surface area contributed by atoms with Gasteiger partial charge in [0.25, 0.3) is 11.1 Å². The molecule has 0 aliphatic rings. The number of hydrogen-bond donors (Lipinski definition) is 1. The zero-order chi connectivity index (χ0) is 26.6. The summed E-state index contributed by atoms with van der Waals surface area (Å²) in [5, 5.41) is 3.52. The maximum Gasteiger partial charge on any atom is 0.277 e. The molecule has 1 N–H and O–H groups in total. The molecule has 0 radical (unpaired) electrons. The molecule has 0 fully saturated rings. The van der Waals surface area contributed by atoms with Gasteiger partial charge in [-0.15, -0.1) is 0 Å². The number of rotatable bonds is 14. The molecule has 2 aromatic heterocycles. The molecule has 0 aliphatic carbocycles. The largest absolute Gasteiger partial charge is 0.356 e. The first-order valence-electron chi connectivity index (χ1n) is 12.8. The lowest BCUT2D eigenvalue weighted by molar-refractivity contribution is -0.121. The van der Waals surface area contributed by atoms with Crippen LogP contribution in [0.3, 0.4) is 0 Å². The summed E-state index contributed by atoms with van der Waals surface area (Å²) in [6.07, 6.45) is 9.17. The molecule has 2 heterocycles. The van der Waals surface area contributed by atoms with Crippen molar-refractivity contribution in [2.24, 2.45) is 7.05 Å². The highest BCUT2D eigenvalue weighted by Crippen LogP contribution is 2.21. The zero-order valence-corrected chi connectivity index (χ0v) is 22.4. The number of carbonyl (C=O) groups is 1. The van der Waals surface area contributed by atoms with Crippen LogP contribution in [0.5, 0.6) is 0 Å². The van der Waals surface area contributed by atoms with Crippen molar-refractivity contribution >= 4 is 17.7 Å². The van der Waals surface area contributed by atoms with Gasteiger partial charge in [-0.1, -0.05) is 50.1 Å². The number of aryl methyl sites for hydroxylation is 2. The summed E-state index contributed by atoms with van der Waals surface area (Å²) in [5.74, 6) is 0.248. The molecule has 3 rings (SSSR count). The number of nitrogens with zero attached hydrogens (tertiary/aromatic N) is 3. The number of pyridine rings is 1. The highest BCUT2D eigenvalue weighted by Gasteiger charge is 2.12. The van der Waals surface area contributed by atoms with Crippen LogP contribution in [-0.4, -0.2) is 26.6 Å². The van der Waals surface area contributed by atoms with Crippen LogP contribution in [0.25, 0.3) is 0 Å². The maximum atomic E-state index is 13.3. The van der Waals surface area contributed by atoms with Gasteiger partial charge < -0.3 is 14.5 Å². The van der Waals surface area contributed by atoms with Crippen LogP contribution in [0, 0.1) is 5.82 Å². The predicted octanol–water partition coefficient (Wildman–Crippen LogP) is 4.44. The Morgan fingerprint density at radius 2 is 1.84 bits per heavy atom. The second-order valence-electron chi connectivity index (χ2n) is 9.14. The number of hydrogen-bond acceptors (Lipinski definition) is 5. The van der Waals surface area contributed by atoms with Gasteiger partial charge in [0, 0.05) is 62.8 Å². The van der Waals surface area contributed by atoms with E-state index in [1.165, 1.54) is 40.9 Å². The van der Waals surface area contributed by atoms with E-state index in [0.717, 1.165) is 30.4 Å². The molecular weight excluding hydrogens is 491 g/mol. The maximum absolute atomic E-state index is 13.3. The molecule has 0 spiro atoms. The number of thioether (sulfide) groups is 1. The normalized spacial score (nSPS) is 11.0. The van der Waals surface area contributed by atoms with Gasteiger partial charge in [0.05, 0.1) is 0 Å². The minimum Gasteiger partial charge on any atom is -0.356 e. The molecule has 0 atom stereocenters. The summed E-state index contributed by atoms with van der Waals surface area (Å²) in [5.41, 5.74) is 1.66. The highest BCUT2D eigenvalue weighted by molar-refractivity contribution is 7.98. The molecule has 1 amide bonds. The molecule has 37 heavy (non-hydrogen) atoms. The summed E-state index contributed by atoms with van der Waals surface area (Å²) >= 11 is 1.40. The van der Waals surface area contributed by atoms with Crippen LogP contribution < -0.4 is 16.4 Å². The summed E-state index contributed by atoms with van der Waals surface area (Å²) in [6, 6.07) is 9.56. The van der Waals surface area contributed by atoms with E-state index in [1.54, 1.807) is 31.6 Å². The van der Waals surface area contributed by atoms with Crippen molar-refractivity contribution in [2.45, 2.75) is 69.3 Å². The molecule has 9 heteroatoms. The molecule has 0 saturated carbocycles. The quantitative estimate of drug-likeness (QED) is 0.191. The fraction of sp³-hybridized carbons (Fsp3) is 0.429. The molecule has 0 aliphatic heterocycles. The Hall–Kier alpha value is -3.20. The summed E-state index contributed by atoms with van der Waals surface area (Å²) < 4.78 is 16.6. The van der Waals surface area contributed by atoms with Gasteiger partial charge in [0.1, 0.15) is 5.82 Å². The van der Waals surface area contributed by atoms with Crippen molar-refractivity contribution in [1.82, 2.24) is 19.4 Å². The first-order chi connectivity index (χ1) is 17.9. The lowest BCUT2D eigenvalue weighted by Gasteiger charge is -2.14. The van der Waals surface area contributed by atoms with E-state index in [-0.39, 0.29) is 22.8 Å². The van der Waals surface area contributed by atoms with E-state index in [4.69, 9.17) is 0 Å². The van der Waals surface area contributed by atoms with E-state index < -0.39 is 0 Å². The third-order valence-corrected chi connectivity index (χ3v) is 7.09. The van der Waals surface area contributed by atoms with Crippen molar-refractivity contribution in [3.8, 4) is 0 Å². The second kappa shape index (κ2) is 14.5. The molecule has 3 aromatic rings. The number of benzene rings is 1. The molecule has 7 nitrogen and oxygen atoms in total. The number of nitrogens with one attached hydrogen (secondary N) is 1. The fourth-order valence-corrected chi connectivity index (χ4v) is 4.79. The third-order valence-electron chi connectivity index (χ3n) is 6.03. The van der Waals surface area contributed by atoms with E-state index >= 15 is 0 Å². The van der Waals surface area contributed by atoms with Crippen molar-refractivity contribution in [3.05, 3.63) is 92.0 Å². The Balaban J connectivity index is 1.71. The first-order valence-corrected chi connectivity index (χ1v) is 13.7. The van der Waals surface area contributed by atoms with Crippen molar-refractivity contribution in [1.29, 1.82) is 0 Å². The SMILES string of the molecule is CCCCCCNC(=O)CCCn1cc(Cc2ccn(C)c(=O)c2)c(=O)nc1SCc1ccc(F)cc1.